The lowest BCUT2D eigenvalue weighted by Crippen LogP contribution is -2.20. The van der Waals surface area contributed by atoms with Crippen molar-refractivity contribution in [3.63, 3.8) is 0 Å². The highest BCUT2D eigenvalue weighted by Crippen LogP contribution is 2.15. The Morgan fingerprint density at radius 1 is 1.06 bits per heavy atom. The Balaban J connectivity index is 4.52. The van der Waals surface area contributed by atoms with Gasteiger partial charge in [0.2, 0.25) is 0 Å². The van der Waals surface area contributed by atoms with Crippen LogP contribution in [0.1, 0.15) is 40.5 Å². The van der Waals surface area contributed by atoms with Gasteiger partial charge in [-0.2, -0.15) is 0 Å². The third-order valence-corrected chi connectivity index (χ3v) is 2.63. The predicted octanol–water partition coefficient (Wildman–Crippen LogP) is 2.65. The zero-order chi connectivity index (χ0) is 13.4. The second-order valence-electron chi connectivity index (χ2n) is 4.29. The van der Waals surface area contributed by atoms with Gasteiger partial charge in [0.05, 0.1) is 5.92 Å². The van der Waals surface area contributed by atoms with E-state index in [1.165, 1.54) is 19.9 Å². The number of ketones is 2. The summed E-state index contributed by atoms with van der Waals surface area (Å²) in [6, 6.07) is 0. The van der Waals surface area contributed by atoms with Gasteiger partial charge in [-0.1, -0.05) is 17.2 Å². The summed E-state index contributed by atoms with van der Waals surface area (Å²) in [5.41, 5.74) is 1.79. The summed E-state index contributed by atoms with van der Waals surface area (Å²) in [6.45, 7) is 6.54. The van der Waals surface area contributed by atoms with Crippen molar-refractivity contribution in [3.05, 3.63) is 23.3 Å². The van der Waals surface area contributed by atoms with Gasteiger partial charge in [-0.25, -0.2) is 0 Å². The number of hydrogen-bond donors (Lipinski definition) is 0. The van der Waals surface area contributed by atoms with E-state index >= 15 is 0 Å². The molecule has 0 unspecified atom stereocenters. The van der Waals surface area contributed by atoms with Gasteiger partial charge in [-0.15, -0.1) is 0 Å². The molecule has 17 heavy (non-hydrogen) atoms. The molecule has 0 saturated heterocycles. The predicted molar refractivity (Wildman–Crippen MR) is 67.7 cm³/mol. The Morgan fingerprint density at radius 3 is 2.00 bits per heavy atom. The number of rotatable bonds is 7. The van der Waals surface area contributed by atoms with Crippen molar-refractivity contribution < 1.29 is 14.4 Å². The molecule has 0 fully saturated rings. The van der Waals surface area contributed by atoms with Gasteiger partial charge in [0.25, 0.3) is 0 Å². The smallest absolute Gasteiger partial charge is 0.144 e. The molecule has 0 atom stereocenters. The summed E-state index contributed by atoms with van der Waals surface area (Å²) in [4.78, 5) is 32.8. The van der Waals surface area contributed by atoms with Gasteiger partial charge < -0.3 is 0 Å². The van der Waals surface area contributed by atoms with Gasteiger partial charge in [0.15, 0.2) is 0 Å². The molecule has 3 nitrogen and oxygen atoms in total. The van der Waals surface area contributed by atoms with Crippen LogP contribution < -0.4 is 0 Å². The van der Waals surface area contributed by atoms with Crippen LogP contribution in [0, 0.1) is 5.92 Å². The van der Waals surface area contributed by atoms with Crippen LogP contribution >= 0.6 is 0 Å². The molecular formula is C14H20O3. The van der Waals surface area contributed by atoms with Crippen molar-refractivity contribution in [3.8, 4) is 0 Å². The summed E-state index contributed by atoms with van der Waals surface area (Å²) in [6.07, 6.45) is 5.68. The van der Waals surface area contributed by atoms with Crippen molar-refractivity contribution in [1.82, 2.24) is 0 Å². The molecule has 0 aliphatic carbocycles. The molecule has 0 saturated carbocycles. The second kappa shape index (κ2) is 7.71. The van der Waals surface area contributed by atoms with Crippen LogP contribution in [0.5, 0.6) is 0 Å². The third-order valence-electron chi connectivity index (χ3n) is 2.63. The number of aldehydes is 1. The topological polar surface area (TPSA) is 51.2 Å². The molecule has 0 bridgehead atoms. The van der Waals surface area contributed by atoms with E-state index in [2.05, 4.69) is 0 Å². The van der Waals surface area contributed by atoms with E-state index < -0.39 is 5.92 Å². The molecule has 0 aromatic rings. The fourth-order valence-electron chi connectivity index (χ4n) is 1.77. The molecule has 94 valence electrons. The highest BCUT2D eigenvalue weighted by molar-refractivity contribution is 6.03. The molecule has 0 N–H and O–H groups in total. The molecule has 0 heterocycles. The minimum Gasteiger partial charge on any atom is -0.299 e. The maximum atomic E-state index is 11.3. The lowest BCUT2D eigenvalue weighted by Gasteiger charge is -2.10. The molecule has 0 aliphatic rings. The van der Waals surface area contributed by atoms with E-state index in [-0.39, 0.29) is 11.6 Å². The zero-order valence-corrected chi connectivity index (χ0v) is 10.9. The second-order valence-corrected chi connectivity index (χ2v) is 4.29. The van der Waals surface area contributed by atoms with Gasteiger partial charge >= 0.3 is 0 Å². The van der Waals surface area contributed by atoms with Gasteiger partial charge in [0, 0.05) is 0 Å². The maximum absolute atomic E-state index is 11.3. The normalized spacial score (nSPS) is 12.8. The number of carbonyl (C=O) groups is 3. The van der Waals surface area contributed by atoms with Crippen LogP contribution in [-0.4, -0.2) is 17.9 Å². The van der Waals surface area contributed by atoms with Crippen molar-refractivity contribution in [2.45, 2.75) is 40.5 Å². The van der Waals surface area contributed by atoms with Crippen LogP contribution in [0.15, 0.2) is 23.3 Å². The van der Waals surface area contributed by atoms with Crippen LogP contribution in [0.25, 0.3) is 0 Å². The van der Waals surface area contributed by atoms with E-state index in [0.717, 1.165) is 30.3 Å². The van der Waals surface area contributed by atoms with E-state index in [1.807, 2.05) is 13.0 Å². The van der Waals surface area contributed by atoms with Crippen LogP contribution in [0.2, 0.25) is 0 Å². The van der Waals surface area contributed by atoms with Crippen LogP contribution in [-0.2, 0) is 14.4 Å². The summed E-state index contributed by atoms with van der Waals surface area (Å²) < 4.78 is 0. The van der Waals surface area contributed by atoms with Gasteiger partial charge in [-0.05, 0) is 46.6 Å². The number of allylic oxidation sites excluding steroid dienone is 4. The van der Waals surface area contributed by atoms with E-state index in [9.17, 15) is 14.4 Å². The highest BCUT2D eigenvalue weighted by atomic mass is 16.1. The Kier molecular flexibility index (Phi) is 7.03. The largest absolute Gasteiger partial charge is 0.299 e. The molecule has 0 aromatic heterocycles. The molecule has 0 rings (SSSR count). The summed E-state index contributed by atoms with van der Waals surface area (Å²) in [7, 11) is 0. The standard InChI is InChI=1S/C14H20O3/c1-10(8-9-15)6-5-7-11(2)14(12(3)16)13(4)17/h7-9,14H,5-6H2,1-4H3. The highest BCUT2D eigenvalue weighted by Gasteiger charge is 2.20. The van der Waals surface area contributed by atoms with Crippen molar-refractivity contribution in [1.29, 1.82) is 0 Å². The maximum Gasteiger partial charge on any atom is 0.144 e. The molecule has 0 aliphatic heterocycles. The third kappa shape index (κ3) is 5.95. The average Bonchev–Trinajstić information content (AvgIpc) is 2.16. The van der Waals surface area contributed by atoms with Gasteiger partial charge in [-0.3, -0.25) is 14.4 Å². The summed E-state index contributed by atoms with van der Waals surface area (Å²) >= 11 is 0. The van der Waals surface area contributed by atoms with E-state index in [4.69, 9.17) is 0 Å². The summed E-state index contributed by atoms with van der Waals surface area (Å²) in [5, 5.41) is 0. The average molecular weight is 236 g/mol. The molecular weight excluding hydrogens is 216 g/mol. The number of hydrogen-bond acceptors (Lipinski definition) is 3. The molecule has 0 spiro atoms. The number of Topliss-reactive ketones (excluding diaryl/α,β-unsaturated/α-hetero) is 2. The first kappa shape index (κ1) is 15.5. The SMILES string of the molecule is CC(=O)C(C(C)=O)C(C)=CCCC(C)=CC=O. The lowest BCUT2D eigenvalue weighted by molar-refractivity contribution is -0.128. The minimum absolute atomic E-state index is 0.119. The molecule has 0 amide bonds. The monoisotopic (exact) mass is 236 g/mol. The molecule has 0 radical (unpaired) electrons. The fraction of sp³-hybridized carbons (Fsp3) is 0.500. The first-order valence-corrected chi connectivity index (χ1v) is 5.68. The Hall–Kier alpha value is -1.51. The number of carbonyl (C=O) groups excluding carboxylic acids is 3. The van der Waals surface area contributed by atoms with Crippen LogP contribution in [0.4, 0.5) is 0 Å². The van der Waals surface area contributed by atoms with E-state index in [0.29, 0.717) is 0 Å². The lowest BCUT2D eigenvalue weighted by atomic mass is 9.91. The molecule has 3 heteroatoms. The van der Waals surface area contributed by atoms with Crippen molar-refractivity contribution >= 4 is 17.9 Å². The Labute approximate surface area is 103 Å². The van der Waals surface area contributed by atoms with E-state index in [1.54, 1.807) is 6.92 Å². The van der Waals surface area contributed by atoms with Gasteiger partial charge in [0.1, 0.15) is 17.9 Å². The Bertz CT molecular complexity index is 348. The fourth-order valence-corrected chi connectivity index (χ4v) is 1.77. The first-order chi connectivity index (χ1) is 7.90. The molecule has 0 aromatic carbocycles. The minimum atomic E-state index is -0.606. The summed E-state index contributed by atoms with van der Waals surface area (Å²) in [5.74, 6) is -0.844. The zero-order valence-electron chi connectivity index (χ0n) is 10.9. The Morgan fingerprint density at radius 2 is 1.59 bits per heavy atom. The quantitative estimate of drug-likeness (QED) is 0.295. The van der Waals surface area contributed by atoms with Crippen molar-refractivity contribution in [2.24, 2.45) is 5.92 Å². The van der Waals surface area contributed by atoms with Crippen molar-refractivity contribution in [2.75, 3.05) is 0 Å². The first-order valence-electron chi connectivity index (χ1n) is 5.68. The van der Waals surface area contributed by atoms with Crippen LogP contribution in [0.3, 0.4) is 0 Å².